The summed E-state index contributed by atoms with van der Waals surface area (Å²) < 4.78 is 4.99. The summed E-state index contributed by atoms with van der Waals surface area (Å²) in [4.78, 5) is 39.3. The van der Waals surface area contributed by atoms with E-state index in [2.05, 4.69) is 0 Å². The van der Waals surface area contributed by atoms with E-state index in [-0.39, 0.29) is 24.1 Å². The molecule has 0 saturated heterocycles. The highest BCUT2D eigenvalue weighted by atomic mass is 16.5. The van der Waals surface area contributed by atoms with Gasteiger partial charge in [0, 0.05) is 29.8 Å². The average molecular weight is 377 g/mol. The Bertz CT molecular complexity index is 945. The number of nitrogens with zero attached hydrogens (tertiary/aromatic N) is 1. The Morgan fingerprint density at radius 3 is 2.46 bits per heavy atom. The fourth-order valence-electron chi connectivity index (χ4n) is 3.69. The van der Waals surface area contributed by atoms with Gasteiger partial charge in [-0.3, -0.25) is 14.4 Å². The van der Waals surface area contributed by atoms with E-state index >= 15 is 0 Å². The Labute approximate surface area is 164 Å². The number of rotatable bonds is 7. The van der Waals surface area contributed by atoms with E-state index in [0.717, 1.165) is 24.0 Å². The van der Waals surface area contributed by atoms with Crippen LogP contribution in [0.5, 0.6) is 0 Å². The molecule has 28 heavy (non-hydrogen) atoms. The first kappa shape index (κ1) is 18.4. The maximum absolute atomic E-state index is 13.1. The molecule has 0 aliphatic heterocycles. The van der Waals surface area contributed by atoms with Crippen LogP contribution in [0, 0.1) is 5.92 Å². The Kier molecular flexibility index (Phi) is 4.99. The molecule has 0 N–H and O–H groups in total. The largest absolute Gasteiger partial charge is 0.466 e. The summed E-state index contributed by atoms with van der Waals surface area (Å²) in [5.74, 6) is 0.0328. The molecule has 0 radical (unpaired) electrons. The topological polar surface area (TPSA) is 63.7 Å². The van der Waals surface area contributed by atoms with Crippen LogP contribution < -0.4 is 0 Å². The van der Waals surface area contributed by atoms with Crippen molar-refractivity contribution in [2.45, 2.75) is 26.2 Å². The van der Waals surface area contributed by atoms with Crippen LogP contribution in [0.2, 0.25) is 0 Å². The number of amides is 1. The second-order valence-corrected chi connectivity index (χ2v) is 7.38. The Morgan fingerprint density at radius 1 is 1.04 bits per heavy atom. The summed E-state index contributed by atoms with van der Waals surface area (Å²) in [6, 6.07) is 12.8. The number of carbonyl (C=O) groups excluding carboxylic acids is 3. The van der Waals surface area contributed by atoms with Crippen LogP contribution in [0.25, 0.3) is 11.1 Å². The molecule has 0 aromatic heterocycles. The van der Waals surface area contributed by atoms with E-state index < -0.39 is 0 Å². The van der Waals surface area contributed by atoms with E-state index in [0.29, 0.717) is 42.3 Å². The van der Waals surface area contributed by atoms with Crippen molar-refractivity contribution >= 4 is 17.7 Å². The lowest BCUT2D eigenvalue weighted by Gasteiger charge is -2.22. The predicted molar refractivity (Wildman–Crippen MR) is 105 cm³/mol. The summed E-state index contributed by atoms with van der Waals surface area (Å²) in [6.07, 6.45) is 2.41. The number of hydrogen-bond acceptors (Lipinski definition) is 4. The van der Waals surface area contributed by atoms with Crippen LogP contribution in [0.15, 0.2) is 42.5 Å². The molecule has 5 heteroatoms. The molecule has 2 aliphatic carbocycles. The van der Waals surface area contributed by atoms with Crippen LogP contribution in [0.4, 0.5) is 0 Å². The van der Waals surface area contributed by atoms with Gasteiger partial charge >= 0.3 is 5.97 Å². The number of hydrogen-bond donors (Lipinski definition) is 0. The molecule has 2 aromatic carbocycles. The van der Waals surface area contributed by atoms with Crippen molar-refractivity contribution in [2.75, 3.05) is 19.7 Å². The van der Waals surface area contributed by atoms with Crippen molar-refractivity contribution < 1.29 is 19.1 Å². The van der Waals surface area contributed by atoms with E-state index in [4.69, 9.17) is 4.74 Å². The average Bonchev–Trinajstić information content (AvgIpc) is 3.49. The molecule has 1 amide bonds. The lowest BCUT2D eigenvalue weighted by Crippen LogP contribution is -2.35. The van der Waals surface area contributed by atoms with Crippen molar-refractivity contribution in [1.29, 1.82) is 0 Å². The number of fused-ring (bicyclic) bond motifs is 3. The van der Waals surface area contributed by atoms with Crippen molar-refractivity contribution in [1.82, 2.24) is 4.90 Å². The van der Waals surface area contributed by atoms with E-state index in [1.165, 1.54) is 0 Å². The summed E-state index contributed by atoms with van der Waals surface area (Å²) in [6.45, 7) is 3.08. The summed E-state index contributed by atoms with van der Waals surface area (Å²) in [7, 11) is 0. The van der Waals surface area contributed by atoms with E-state index in [1.54, 1.807) is 24.0 Å². The molecular weight excluding hydrogens is 354 g/mol. The molecule has 0 heterocycles. The smallest absolute Gasteiger partial charge is 0.307 e. The minimum absolute atomic E-state index is 0.0412. The molecule has 4 rings (SSSR count). The molecule has 0 atom stereocenters. The summed E-state index contributed by atoms with van der Waals surface area (Å²) in [5.41, 5.74) is 3.53. The third-order valence-corrected chi connectivity index (χ3v) is 5.33. The fourth-order valence-corrected chi connectivity index (χ4v) is 3.69. The second kappa shape index (κ2) is 7.58. The van der Waals surface area contributed by atoms with Crippen LogP contribution in [0.3, 0.4) is 0 Å². The van der Waals surface area contributed by atoms with Gasteiger partial charge in [-0.2, -0.15) is 0 Å². The monoisotopic (exact) mass is 377 g/mol. The van der Waals surface area contributed by atoms with Crippen molar-refractivity contribution in [3.8, 4) is 11.1 Å². The van der Waals surface area contributed by atoms with Crippen LogP contribution in [-0.4, -0.2) is 42.3 Å². The Balaban J connectivity index is 1.56. The molecule has 0 unspecified atom stereocenters. The molecule has 2 aromatic rings. The molecule has 2 aliphatic rings. The lowest BCUT2D eigenvalue weighted by atomic mass is 10.0. The number of ether oxygens (including phenoxy) is 1. The molecule has 1 saturated carbocycles. The normalized spacial score (nSPS) is 14.4. The van der Waals surface area contributed by atoms with Gasteiger partial charge < -0.3 is 9.64 Å². The van der Waals surface area contributed by atoms with E-state index in [9.17, 15) is 14.4 Å². The Morgan fingerprint density at radius 2 is 1.75 bits per heavy atom. The quantitative estimate of drug-likeness (QED) is 0.589. The van der Waals surface area contributed by atoms with Crippen LogP contribution in [0.1, 0.15) is 52.5 Å². The van der Waals surface area contributed by atoms with Crippen molar-refractivity contribution in [2.24, 2.45) is 5.92 Å². The predicted octanol–water partition coefficient (Wildman–Crippen LogP) is 3.70. The minimum Gasteiger partial charge on any atom is -0.466 e. The SMILES string of the molecule is CCOC(=O)CCN(CC1CC1)C(=O)c1ccc2c(c1)C(=O)c1ccccc1-2. The van der Waals surface area contributed by atoms with Gasteiger partial charge in [0.2, 0.25) is 0 Å². The number of benzene rings is 2. The molecule has 0 spiro atoms. The van der Waals surface area contributed by atoms with Gasteiger partial charge in [-0.25, -0.2) is 0 Å². The van der Waals surface area contributed by atoms with Gasteiger partial charge in [-0.05, 0) is 48.9 Å². The summed E-state index contributed by atoms with van der Waals surface area (Å²) >= 11 is 0. The van der Waals surface area contributed by atoms with Gasteiger partial charge in [-0.1, -0.05) is 30.3 Å². The first-order valence-electron chi connectivity index (χ1n) is 9.81. The fraction of sp³-hybridized carbons (Fsp3) is 0.348. The van der Waals surface area contributed by atoms with Gasteiger partial charge in [0.1, 0.15) is 0 Å². The number of esters is 1. The van der Waals surface area contributed by atoms with E-state index in [1.807, 2.05) is 30.3 Å². The first-order valence-corrected chi connectivity index (χ1v) is 9.81. The number of ketones is 1. The van der Waals surface area contributed by atoms with Crippen LogP contribution >= 0.6 is 0 Å². The van der Waals surface area contributed by atoms with Gasteiger partial charge in [-0.15, -0.1) is 0 Å². The molecule has 1 fully saturated rings. The number of carbonyl (C=O) groups is 3. The maximum atomic E-state index is 13.1. The van der Waals surface area contributed by atoms with Gasteiger partial charge in [0.15, 0.2) is 5.78 Å². The molecule has 5 nitrogen and oxygen atoms in total. The lowest BCUT2D eigenvalue weighted by molar-refractivity contribution is -0.143. The Hall–Kier alpha value is -2.95. The zero-order valence-electron chi connectivity index (χ0n) is 15.9. The van der Waals surface area contributed by atoms with Crippen molar-refractivity contribution in [3.05, 3.63) is 59.2 Å². The highest BCUT2D eigenvalue weighted by molar-refractivity contribution is 6.22. The zero-order valence-corrected chi connectivity index (χ0v) is 15.9. The van der Waals surface area contributed by atoms with Gasteiger partial charge in [0.05, 0.1) is 13.0 Å². The molecular formula is C23H23NO4. The van der Waals surface area contributed by atoms with Crippen molar-refractivity contribution in [3.63, 3.8) is 0 Å². The van der Waals surface area contributed by atoms with Gasteiger partial charge in [0.25, 0.3) is 5.91 Å². The second-order valence-electron chi connectivity index (χ2n) is 7.38. The maximum Gasteiger partial charge on any atom is 0.307 e. The highest BCUT2D eigenvalue weighted by Crippen LogP contribution is 2.37. The highest BCUT2D eigenvalue weighted by Gasteiger charge is 2.30. The summed E-state index contributed by atoms with van der Waals surface area (Å²) in [5, 5.41) is 0. The molecule has 0 bridgehead atoms. The standard InChI is InChI=1S/C23H23NO4/c1-2-28-21(25)11-12-24(14-15-7-8-15)23(27)16-9-10-18-17-5-3-4-6-19(17)22(26)20(18)13-16/h3-6,9-10,13,15H,2,7-8,11-12,14H2,1H3. The molecule has 144 valence electrons. The third kappa shape index (κ3) is 3.57. The zero-order chi connectivity index (χ0) is 19.7. The first-order chi connectivity index (χ1) is 13.6. The third-order valence-electron chi connectivity index (χ3n) is 5.33. The minimum atomic E-state index is -0.296. The van der Waals surface area contributed by atoms with Crippen LogP contribution in [-0.2, 0) is 9.53 Å².